The van der Waals surface area contributed by atoms with Crippen LogP contribution < -0.4 is 14.8 Å². The Labute approximate surface area is 226 Å². The van der Waals surface area contributed by atoms with Gasteiger partial charge < -0.3 is 24.1 Å². The van der Waals surface area contributed by atoms with Gasteiger partial charge in [-0.2, -0.15) is 0 Å². The molecule has 2 amide bonds. The molecule has 0 bridgehead atoms. The van der Waals surface area contributed by atoms with Crippen LogP contribution in [0.15, 0.2) is 65.3 Å². The van der Waals surface area contributed by atoms with Crippen LogP contribution in [0, 0.1) is 0 Å². The van der Waals surface area contributed by atoms with Crippen LogP contribution in [0.5, 0.6) is 11.5 Å². The van der Waals surface area contributed by atoms with Crippen molar-refractivity contribution in [1.29, 1.82) is 0 Å². The molecule has 10 heteroatoms. The lowest BCUT2D eigenvalue weighted by Crippen LogP contribution is -2.47. The van der Waals surface area contributed by atoms with Gasteiger partial charge in [0.05, 0.1) is 32.5 Å². The summed E-state index contributed by atoms with van der Waals surface area (Å²) in [5.74, 6) is 1.00. The minimum Gasteiger partial charge on any atom is -0.493 e. The number of amides is 2. The summed E-state index contributed by atoms with van der Waals surface area (Å²) in [6.07, 6.45) is 6.70. The second kappa shape index (κ2) is 12.0. The van der Waals surface area contributed by atoms with Gasteiger partial charge in [-0.05, 0) is 54.8 Å². The van der Waals surface area contributed by atoms with Crippen LogP contribution >= 0.6 is 0 Å². The quantitative estimate of drug-likeness (QED) is 0.325. The number of ether oxygens (including phenoxy) is 2. The number of furan rings is 1. The molecule has 0 aliphatic heterocycles. The van der Waals surface area contributed by atoms with Gasteiger partial charge in [0.15, 0.2) is 11.5 Å². The molecule has 2 aromatic heterocycles. The zero-order chi connectivity index (χ0) is 27.2. The molecular formula is C29H33N5O5. The van der Waals surface area contributed by atoms with Crippen molar-refractivity contribution in [2.24, 2.45) is 0 Å². The molecule has 5 rings (SSSR count). The number of carbonyl (C=O) groups is 2. The van der Waals surface area contributed by atoms with E-state index in [-0.39, 0.29) is 30.9 Å². The summed E-state index contributed by atoms with van der Waals surface area (Å²) >= 11 is 0. The van der Waals surface area contributed by atoms with Crippen LogP contribution in [-0.2, 0) is 22.7 Å². The molecule has 0 spiro atoms. The number of para-hydroxylation sites is 1. The highest BCUT2D eigenvalue weighted by atomic mass is 16.5. The van der Waals surface area contributed by atoms with E-state index in [0.29, 0.717) is 28.3 Å². The largest absolute Gasteiger partial charge is 0.493 e. The number of nitrogens with one attached hydrogen (secondary N) is 1. The molecule has 2 heterocycles. The van der Waals surface area contributed by atoms with Gasteiger partial charge in [0, 0.05) is 6.04 Å². The predicted octanol–water partition coefficient (Wildman–Crippen LogP) is 4.26. The van der Waals surface area contributed by atoms with E-state index in [4.69, 9.17) is 13.9 Å². The molecule has 0 saturated heterocycles. The number of hydrogen-bond donors (Lipinski definition) is 1. The van der Waals surface area contributed by atoms with Crippen molar-refractivity contribution in [3.63, 3.8) is 0 Å². The third-order valence-electron chi connectivity index (χ3n) is 7.17. The molecule has 1 aliphatic rings. The third kappa shape index (κ3) is 5.89. The van der Waals surface area contributed by atoms with Gasteiger partial charge in [-0.25, -0.2) is 4.68 Å². The number of fused-ring (bicyclic) bond motifs is 1. The number of methoxy groups -OCH3 is 2. The summed E-state index contributed by atoms with van der Waals surface area (Å²) in [5, 5.41) is 11.6. The first-order chi connectivity index (χ1) is 19.1. The molecule has 10 nitrogen and oxygen atoms in total. The van der Waals surface area contributed by atoms with Crippen LogP contribution in [-0.4, -0.2) is 52.0 Å². The van der Waals surface area contributed by atoms with E-state index in [1.807, 2.05) is 24.3 Å². The van der Waals surface area contributed by atoms with Crippen LogP contribution in [0.3, 0.4) is 0 Å². The van der Waals surface area contributed by atoms with Crippen LogP contribution in [0.4, 0.5) is 0 Å². The molecule has 1 fully saturated rings. The zero-order valence-corrected chi connectivity index (χ0v) is 22.2. The Balaban J connectivity index is 1.53. The highest BCUT2D eigenvalue weighted by Gasteiger charge is 2.34. The fourth-order valence-electron chi connectivity index (χ4n) is 5.17. The summed E-state index contributed by atoms with van der Waals surface area (Å²) < 4.78 is 18.1. The molecule has 1 unspecified atom stereocenters. The highest BCUT2D eigenvalue weighted by Crippen LogP contribution is 2.33. The fraction of sp³-hybridized carbons (Fsp3) is 0.379. The number of hydrogen-bond acceptors (Lipinski definition) is 7. The van der Waals surface area contributed by atoms with E-state index >= 15 is 0 Å². The maximum Gasteiger partial charge on any atom is 0.247 e. The second-order valence-corrected chi connectivity index (χ2v) is 9.70. The van der Waals surface area contributed by atoms with Crippen LogP contribution in [0.25, 0.3) is 11.0 Å². The SMILES string of the molecule is COc1ccc(C(C(=O)NC2CCCCC2)N(Cc2ccco2)C(=O)Cn2nnc3ccccc32)cc1OC. The van der Waals surface area contributed by atoms with Crippen molar-refractivity contribution in [2.45, 2.75) is 57.3 Å². The molecule has 4 aromatic rings. The molecule has 2 aromatic carbocycles. The van der Waals surface area contributed by atoms with Crippen molar-refractivity contribution in [2.75, 3.05) is 14.2 Å². The topological polar surface area (TPSA) is 112 Å². The van der Waals surface area contributed by atoms with E-state index in [9.17, 15) is 9.59 Å². The monoisotopic (exact) mass is 531 g/mol. The zero-order valence-electron chi connectivity index (χ0n) is 22.2. The molecule has 39 heavy (non-hydrogen) atoms. The third-order valence-corrected chi connectivity index (χ3v) is 7.17. The minimum absolute atomic E-state index is 0.0636. The summed E-state index contributed by atoms with van der Waals surface area (Å²) in [6, 6.07) is 15.4. The predicted molar refractivity (Wildman–Crippen MR) is 144 cm³/mol. The molecular weight excluding hydrogens is 498 g/mol. The minimum atomic E-state index is -0.945. The van der Waals surface area contributed by atoms with E-state index < -0.39 is 6.04 Å². The molecule has 1 saturated carbocycles. The van der Waals surface area contributed by atoms with Crippen molar-refractivity contribution < 1.29 is 23.5 Å². The summed E-state index contributed by atoms with van der Waals surface area (Å²) in [7, 11) is 3.10. The van der Waals surface area contributed by atoms with Gasteiger partial charge in [-0.15, -0.1) is 5.10 Å². The Kier molecular flexibility index (Phi) is 8.10. The van der Waals surface area contributed by atoms with Gasteiger partial charge in [0.25, 0.3) is 0 Å². The first-order valence-corrected chi connectivity index (χ1v) is 13.2. The highest BCUT2D eigenvalue weighted by molar-refractivity contribution is 5.89. The molecule has 204 valence electrons. The van der Waals surface area contributed by atoms with Gasteiger partial charge in [-0.1, -0.05) is 42.7 Å². The average molecular weight is 532 g/mol. The number of benzene rings is 2. The van der Waals surface area contributed by atoms with E-state index in [0.717, 1.165) is 31.2 Å². The molecule has 1 atom stereocenters. The van der Waals surface area contributed by atoms with Gasteiger partial charge in [-0.3, -0.25) is 9.59 Å². The molecule has 0 radical (unpaired) electrons. The lowest BCUT2D eigenvalue weighted by molar-refractivity contribution is -0.142. The Morgan fingerprint density at radius 3 is 2.59 bits per heavy atom. The number of carbonyl (C=O) groups excluding carboxylic acids is 2. The summed E-state index contributed by atoms with van der Waals surface area (Å²) in [5.41, 5.74) is 2.02. The summed E-state index contributed by atoms with van der Waals surface area (Å²) in [6.45, 7) is -0.00270. The maximum absolute atomic E-state index is 14.0. The Bertz CT molecular complexity index is 1410. The van der Waals surface area contributed by atoms with Crippen LogP contribution in [0.1, 0.15) is 49.5 Å². The second-order valence-electron chi connectivity index (χ2n) is 9.70. The average Bonchev–Trinajstić information content (AvgIpc) is 3.63. The number of nitrogens with zero attached hydrogens (tertiary/aromatic N) is 4. The molecule has 1 aliphatic carbocycles. The van der Waals surface area contributed by atoms with E-state index in [1.54, 1.807) is 55.5 Å². The standard InChI is InChI=1S/C29H33N5O5/c1-37-25-15-14-20(17-26(25)38-2)28(29(36)30-21-9-4-3-5-10-21)33(18-22-11-8-16-39-22)27(35)19-34-24-13-7-6-12-23(24)31-32-34/h6-8,11-17,21,28H,3-5,9-10,18-19H2,1-2H3,(H,30,36). The van der Waals surface area contributed by atoms with Crippen molar-refractivity contribution in [1.82, 2.24) is 25.2 Å². The smallest absolute Gasteiger partial charge is 0.247 e. The maximum atomic E-state index is 14.0. The molecule has 1 N–H and O–H groups in total. The first-order valence-electron chi connectivity index (χ1n) is 13.2. The lowest BCUT2D eigenvalue weighted by Gasteiger charge is -2.33. The Morgan fingerprint density at radius 1 is 1.05 bits per heavy atom. The van der Waals surface area contributed by atoms with Gasteiger partial charge in [0.2, 0.25) is 11.8 Å². The number of rotatable bonds is 10. The van der Waals surface area contributed by atoms with Gasteiger partial charge >= 0.3 is 0 Å². The Morgan fingerprint density at radius 2 is 1.85 bits per heavy atom. The van der Waals surface area contributed by atoms with Crippen LogP contribution in [0.2, 0.25) is 0 Å². The van der Waals surface area contributed by atoms with E-state index in [2.05, 4.69) is 15.6 Å². The van der Waals surface area contributed by atoms with Crippen molar-refractivity contribution in [3.05, 3.63) is 72.2 Å². The summed E-state index contributed by atoms with van der Waals surface area (Å²) in [4.78, 5) is 29.6. The normalized spacial score (nSPS) is 14.6. The van der Waals surface area contributed by atoms with Gasteiger partial charge in [0.1, 0.15) is 23.9 Å². The lowest BCUT2D eigenvalue weighted by atomic mass is 9.94. The fourth-order valence-corrected chi connectivity index (χ4v) is 5.17. The number of aromatic nitrogens is 3. The first kappa shape index (κ1) is 26.3. The van der Waals surface area contributed by atoms with Crippen molar-refractivity contribution in [3.8, 4) is 11.5 Å². The van der Waals surface area contributed by atoms with E-state index in [1.165, 1.54) is 11.3 Å². The Hall–Kier alpha value is -4.34. The van der Waals surface area contributed by atoms with Crippen molar-refractivity contribution >= 4 is 22.8 Å².